The van der Waals surface area contributed by atoms with Crippen LogP contribution in [0, 0.1) is 17.0 Å². The number of nitrogens with one attached hydrogen (secondary N) is 1. The third kappa shape index (κ3) is 3.45. The zero-order valence-electron chi connectivity index (χ0n) is 17.3. The Morgan fingerprint density at radius 2 is 1.90 bits per heavy atom. The van der Waals surface area contributed by atoms with Crippen LogP contribution in [0.3, 0.4) is 0 Å². The summed E-state index contributed by atoms with van der Waals surface area (Å²) >= 11 is 0. The molecule has 1 aliphatic heterocycles. The van der Waals surface area contributed by atoms with Crippen LogP contribution in [0.25, 0.3) is 16.9 Å². The van der Waals surface area contributed by atoms with E-state index in [1.165, 1.54) is 6.07 Å². The number of non-ortho nitro benzene ring substituents is 1. The summed E-state index contributed by atoms with van der Waals surface area (Å²) in [5, 5.41) is 19.7. The van der Waals surface area contributed by atoms with Crippen molar-refractivity contribution in [1.82, 2.24) is 9.78 Å². The lowest BCUT2D eigenvalue weighted by atomic mass is 10.0. The lowest BCUT2D eigenvalue weighted by molar-refractivity contribution is -0.384. The maximum Gasteiger partial charge on any atom is 0.271 e. The number of aromatic nitrogens is 2. The Bertz CT molecular complexity index is 1110. The average Bonchev–Trinajstić information content (AvgIpc) is 2.93. The van der Waals surface area contributed by atoms with Crippen LogP contribution in [0.2, 0.25) is 0 Å². The molecule has 3 aromatic rings. The van der Waals surface area contributed by atoms with Crippen LogP contribution in [0.5, 0.6) is 11.5 Å². The number of hydrogen-bond acceptors (Lipinski definition) is 6. The normalized spacial score (nSPS) is 13.2. The van der Waals surface area contributed by atoms with Gasteiger partial charge in [0.15, 0.2) is 11.5 Å². The number of benzene rings is 2. The second kappa shape index (κ2) is 8.06. The van der Waals surface area contributed by atoms with E-state index < -0.39 is 0 Å². The molecule has 8 nitrogen and oxygen atoms in total. The first-order valence-electron chi connectivity index (χ1n) is 9.87. The van der Waals surface area contributed by atoms with Gasteiger partial charge in [0.1, 0.15) is 5.82 Å². The molecule has 2 aromatic carbocycles. The summed E-state index contributed by atoms with van der Waals surface area (Å²) < 4.78 is 12.6. The molecule has 2 heterocycles. The van der Waals surface area contributed by atoms with E-state index in [0.717, 1.165) is 54.0 Å². The largest absolute Gasteiger partial charge is 0.493 e. The maximum atomic E-state index is 11.3. The highest BCUT2D eigenvalue weighted by Crippen LogP contribution is 2.38. The van der Waals surface area contributed by atoms with Crippen molar-refractivity contribution < 1.29 is 14.4 Å². The van der Waals surface area contributed by atoms with E-state index in [1.54, 1.807) is 31.0 Å². The van der Waals surface area contributed by atoms with Gasteiger partial charge in [0.25, 0.3) is 5.69 Å². The summed E-state index contributed by atoms with van der Waals surface area (Å²) in [6.07, 6.45) is 2.97. The number of aryl methyl sites for hydroxylation is 1. The van der Waals surface area contributed by atoms with Crippen molar-refractivity contribution in [3.05, 3.63) is 57.6 Å². The molecule has 0 radical (unpaired) electrons. The third-order valence-corrected chi connectivity index (χ3v) is 5.42. The van der Waals surface area contributed by atoms with E-state index >= 15 is 0 Å². The zero-order valence-corrected chi connectivity index (χ0v) is 17.3. The Morgan fingerprint density at radius 3 is 2.63 bits per heavy atom. The van der Waals surface area contributed by atoms with Gasteiger partial charge in [-0.1, -0.05) is 6.07 Å². The SMILES string of the molecule is COc1ccc(-c2nn(-c3cc([N+](=O)[O-])ccc3C)c3c2CCCCN3)cc1OC. The first kappa shape index (κ1) is 19.8. The molecule has 0 saturated heterocycles. The van der Waals surface area contributed by atoms with Gasteiger partial charge < -0.3 is 14.8 Å². The van der Waals surface area contributed by atoms with Gasteiger partial charge in [0.05, 0.1) is 30.5 Å². The standard InChI is InChI=1S/C22H24N4O4/c1-14-7-9-16(26(27)28)13-18(14)25-22-17(6-4-5-11-23-22)21(24-25)15-8-10-19(29-2)20(12-15)30-3/h7-10,12-13,23H,4-6,11H2,1-3H3. The molecule has 0 fully saturated rings. The monoisotopic (exact) mass is 408 g/mol. The minimum absolute atomic E-state index is 0.0427. The highest BCUT2D eigenvalue weighted by atomic mass is 16.6. The van der Waals surface area contributed by atoms with Crippen molar-refractivity contribution in [3.8, 4) is 28.4 Å². The molecule has 30 heavy (non-hydrogen) atoms. The van der Waals surface area contributed by atoms with Gasteiger partial charge in [-0.05, 0) is 49.9 Å². The van der Waals surface area contributed by atoms with Crippen molar-refractivity contribution in [1.29, 1.82) is 0 Å². The first-order chi connectivity index (χ1) is 14.5. The van der Waals surface area contributed by atoms with Crippen LogP contribution in [-0.2, 0) is 6.42 Å². The third-order valence-electron chi connectivity index (χ3n) is 5.42. The summed E-state index contributed by atoms with van der Waals surface area (Å²) in [4.78, 5) is 11.0. The van der Waals surface area contributed by atoms with Crippen LogP contribution in [0.1, 0.15) is 24.0 Å². The molecule has 0 atom stereocenters. The molecule has 0 amide bonds. The van der Waals surface area contributed by atoms with E-state index in [1.807, 2.05) is 25.1 Å². The average molecular weight is 408 g/mol. The lowest BCUT2D eigenvalue weighted by Gasteiger charge is -2.11. The molecule has 0 aliphatic carbocycles. The summed E-state index contributed by atoms with van der Waals surface area (Å²) in [6, 6.07) is 10.6. The van der Waals surface area contributed by atoms with Gasteiger partial charge in [-0.2, -0.15) is 5.10 Å². The molecule has 0 saturated carbocycles. The van der Waals surface area contributed by atoms with Crippen molar-refractivity contribution in [2.75, 3.05) is 26.1 Å². The second-order valence-electron chi connectivity index (χ2n) is 7.27. The van der Waals surface area contributed by atoms with Gasteiger partial charge >= 0.3 is 0 Å². The van der Waals surface area contributed by atoms with Crippen LogP contribution >= 0.6 is 0 Å². The lowest BCUT2D eigenvalue weighted by Crippen LogP contribution is -2.08. The van der Waals surface area contributed by atoms with Crippen molar-refractivity contribution in [2.45, 2.75) is 26.2 Å². The molecule has 8 heteroatoms. The van der Waals surface area contributed by atoms with E-state index in [2.05, 4.69) is 5.32 Å². The van der Waals surface area contributed by atoms with E-state index in [0.29, 0.717) is 17.2 Å². The Labute approximate surface area is 174 Å². The number of nitro benzene ring substituents is 1. The zero-order chi connectivity index (χ0) is 21.3. The minimum Gasteiger partial charge on any atom is -0.493 e. The number of anilines is 1. The molecule has 1 aliphatic rings. The van der Waals surface area contributed by atoms with Crippen molar-refractivity contribution in [2.24, 2.45) is 0 Å². The van der Waals surface area contributed by atoms with Crippen LogP contribution in [0.15, 0.2) is 36.4 Å². The first-order valence-corrected chi connectivity index (χ1v) is 9.87. The molecule has 1 N–H and O–H groups in total. The number of ether oxygens (including phenoxy) is 2. The number of nitro groups is 1. The number of methoxy groups -OCH3 is 2. The molecular weight excluding hydrogens is 384 g/mol. The Balaban J connectivity index is 1.92. The number of hydrogen-bond donors (Lipinski definition) is 1. The number of fused-ring (bicyclic) bond motifs is 1. The van der Waals surface area contributed by atoms with Gasteiger partial charge in [0.2, 0.25) is 0 Å². The Morgan fingerprint density at radius 1 is 1.10 bits per heavy atom. The second-order valence-corrected chi connectivity index (χ2v) is 7.27. The molecule has 0 bridgehead atoms. The van der Waals surface area contributed by atoms with E-state index in [-0.39, 0.29) is 10.6 Å². The molecule has 1 aromatic heterocycles. The molecule has 4 rings (SSSR count). The fourth-order valence-electron chi connectivity index (χ4n) is 3.83. The van der Waals surface area contributed by atoms with Crippen molar-refractivity contribution >= 4 is 11.5 Å². The summed E-state index contributed by atoms with van der Waals surface area (Å²) in [5.41, 5.74) is 4.50. The Hall–Kier alpha value is -3.55. The predicted octanol–water partition coefficient (Wildman–Crippen LogP) is 4.52. The quantitative estimate of drug-likeness (QED) is 0.493. The van der Waals surface area contributed by atoms with Gasteiger partial charge in [-0.25, -0.2) is 4.68 Å². The maximum absolute atomic E-state index is 11.3. The van der Waals surface area contributed by atoms with Crippen LogP contribution < -0.4 is 14.8 Å². The molecular formula is C22H24N4O4. The Kier molecular flexibility index (Phi) is 5.31. The fourth-order valence-corrected chi connectivity index (χ4v) is 3.83. The summed E-state index contributed by atoms with van der Waals surface area (Å²) in [5.74, 6) is 2.17. The molecule has 0 unspecified atom stereocenters. The van der Waals surface area contributed by atoms with E-state index in [9.17, 15) is 10.1 Å². The number of rotatable bonds is 5. The van der Waals surface area contributed by atoms with Gasteiger partial charge in [0, 0.05) is 29.8 Å². The van der Waals surface area contributed by atoms with Crippen LogP contribution in [-0.4, -0.2) is 35.5 Å². The van der Waals surface area contributed by atoms with Crippen molar-refractivity contribution in [3.63, 3.8) is 0 Å². The fraction of sp³-hybridized carbons (Fsp3) is 0.318. The topological polar surface area (TPSA) is 91.5 Å². The molecule has 156 valence electrons. The smallest absolute Gasteiger partial charge is 0.271 e. The summed E-state index contributed by atoms with van der Waals surface area (Å²) in [7, 11) is 3.21. The minimum atomic E-state index is -0.381. The summed E-state index contributed by atoms with van der Waals surface area (Å²) in [6.45, 7) is 2.76. The number of nitrogens with zero attached hydrogens (tertiary/aromatic N) is 3. The van der Waals surface area contributed by atoms with Crippen LogP contribution in [0.4, 0.5) is 11.5 Å². The molecule has 0 spiro atoms. The van der Waals surface area contributed by atoms with E-state index in [4.69, 9.17) is 14.6 Å². The predicted molar refractivity (Wildman–Crippen MR) is 115 cm³/mol. The highest BCUT2D eigenvalue weighted by Gasteiger charge is 2.24. The van der Waals surface area contributed by atoms with Gasteiger partial charge in [-0.15, -0.1) is 0 Å². The van der Waals surface area contributed by atoms with Gasteiger partial charge in [-0.3, -0.25) is 10.1 Å². The highest BCUT2D eigenvalue weighted by molar-refractivity contribution is 5.73.